The molecule has 0 fully saturated rings. The molecule has 1 amide bonds. The summed E-state index contributed by atoms with van der Waals surface area (Å²) in [4.78, 5) is 34.4. The van der Waals surface area contributed by atoms with Crippen LogP contribution in [0.2, 0.25) is 0 Å². The number of benzene rings is 1. The molecule has 0 aromatic heterocycles. The lowest BCUT2D eigenvalue weighted by Crippen LogP contribution is -2.42. The fourth-order valence-corrected chi connectivity index (χ4v) is 2.02. The fraction of sp³-hybridized carbons (Fsp3) is 0.308. The Morgan fingerprint density at radius 3 is 2.45 bits per heavy atom. The molecule has 0 saturated heterocycles. The van der Waals surface area contributed by atoms with Crippen LogP contribution in [0.25, 0.3) is 0 Å². The first-order valence-corrected chi connectivity index (χ1v) is 6.97. The molecule has 6 nitrogen and oxygen atoms in total. The highest BCUT2D eigenvalue weighted by Gasteiger charge is 2.24. The lowest BCUT2D eigenvalue weighted by Gasteiger charge is -2.14. The number of carbonyl (C=O) groups excluding carboxylic acids is 1. The van der Waals surface area contributed by atoms with Gasteiger partial charge in [-0.05, 0) is 30.9 Å². The molecule has 0 spiro atoms. The van der Waals surface area contributed by atoms with Crippen molar-refractivity contribution in [1.82, 2.24) is 5.32 Å². The minimum atomic E-state index is -1.45. The van der Waals surface area contributed by atoms with E-state index in [0.29, 0.717) is 11.1 Å². The van der Waals surface area contributed by atoms with Crippen molar-refractivity contribution in [3.8, 4) is 0 Å². The molecule has 0 unspecified atom stereocenters. The lowest BCUT2D eigenvalue weighted by molar-refractivity contribution is -0.145. The minimum Gasteiger partial charge on any atom is -0.481 e. The van der Waals surface area contributed by atoms with Gasteiger partial charge in [-0.3, -0.25) is 9.59 Å². The number of aliphatic carboxylic acids is 2. The van der Waals surface area contributed by atoms with E-state index in [-0.39, 0.29) is 0 Å². The molecular weight excluding hydrogens is 282 g/mol. The van der Waals surface area contributed by atoms with Crippen molar-refractivity contribution < 1.29 is 24.6 Å². The molecule has 108 valence electrons. The van der Waals surface area contributed by atoms with E-state index < -0.39 is 30.3 Å². The molecule has 0 aliphatic carbocycles. The molecular formula is C13H15NO5S. The van der Waals surface area contributed by atoms with Gasteiger partial charge in [0, 0.05) is 10.5 Å². The summed E-state index contributed by atoms with van der Waals surface area (Å²) in [6, 6.07) is 3.81. The Kier molecular flexibility index (Phi) is 5.57. The number of hydrogen-bond acceptors (Lipinski definition) is 4. The summed E-state index contributed by atoms with van der Waals surface area (Å²) < 4.78 is 0. The maximum Gasteiger partial charge on any atom is 0.326 e. The molecule has 1 aromatic carbocycles. The van der Waals surface area contributed by atoms with E-state index in [1.807, 2.05) is 12.3 Å². The van der Waals surface area contributed by atoms with Crippen LogP contribution in [0.4, 0.5) is 0 Å². The van der Waals surface area contributed by atoms with Crippen LogP contribution in [-0.4, -0.2) is 40.4 Å². The van der Waals surface area contributed by atoms with E-state index >= 15 is 0 Å². The third-order valence-electron chi connectivity index (χ3n) is 2.67. The number of thioether (sulfide) groups is 1. The van der Waals surface area contributed by atoms with Gasteiger partial charge < -0.3 is 15.5 Å². The molecule has 0 bridgehead atoms. The normalized spacial score (nSPS) is 11.7. The molecule has 0 heterocycles. The minimum absolute atomic E-state index is 0.341. The second-order valence-electron chi connectivity index (χ2n) is 4.14. The zero-order valence-corrected chi connectivity index (χ0v) is 11.9. The van der Waals surface area contributed by atoms with Gasteiger partial charge in [-0.2, -0.15) is 0 Å². The smallest absolute Gasteiger partial charge is 0.326 e. The zero-order chi connectivity index (χ0) is 15.3. The maximum atomic E-state index is 12.1. The van der Waals surface area contributed by atoms with Crippen molar-refractivity contribution in [2.45, 2.75) is 24.3 Å². The molecule has 1 atom stereocenters. The maximum absolute atomic E-state index is 12.1. The Hall–Kier alpha value is -2.02. The highest BCUT2D eigenvalue weighted by atomic mass is 32.2. The van der Waals surface area contributed by atoms with E-state index in [0.717, 1.165) is 4.90 Å². The zero-order valence-electron chi connectivity index (χ0n) is 11.0. The SMILES string of the molecule is CSc1ccc(C)c(C(=O)N[C@H](CC(=O)O)C(=O)O)c1. The number of nitrogens with one attached hydrogen (secondary N) is 1. The lowest BCUT2D eigenvalue weighted by atomic mass is 10.1. The van der Waals surface area contributed by atoms with Crippen LogP contribution in [0.1, 0.15) is 22.3 Å². The van der Waals surface area contributed by atoms with Crippen molar-refractivity contribution in [1.29, 1.82) is 0 Å². The summed E-state index contributed by atoms with van der Waals surface area (Å²) in [5.74, 6) is -3.25. The van der Waals surface area contributed by atoms with Gasteiger partial charge in [0.1, 0.15) is 6.04 Å². The first-order chi connectivity index (χ1) is 9.35. The van der Waals surface area contributed by atoms with Gasteiger partial charge in [-0.25, -0.2) is 4.79 Å². The fourth-order valence-electron chi connectivity index (χ4n) is 1.58. The predicted molar refractivity (Wildman–Crippen MR) is 74.1 cm³/mol. The molecule has 0 saturated carbocycles. The van der Waals surface area contributed by atoms with Crippen LogP contribution in [0.15, 0.2) is 23.1 Å². The van der Waals surface area contributed by atoms with E-state index in [1.54, 1.807) is 19.1 Å². The number of carboxylic acids is 2. The van der Waals surface area contributed by atoms with Crippen LogP contribution >= 0.6 is 11.8 Å². The van der Waals surface area contributed by atoms with Crippen molar-refractivity contribution in [2.75, 3.05) is 6.26 Å². The number of carbonyl (C=O) groups is 3. The van der Waals surface area contributed by atoms with Crippen molar-refractivity contribution in [2.24, 2.45) is 0 Å². The van der Waals surface area contributed by atoms with Crippen molar-refractivity contribution in [3.63, 3.8) is 0 Å². The molecule has 7 heteroatoms. The van der Waals surface area contributed by atoms with Crippen molar-refractivity contribution >= 4 is 29.6 Å². The predicted octanol–water partition coefficient (Wildman–Crippen LogP) is 1.37. The van der Waals surface area contributed by atoms with Gasteiger partial charge in [0.2, 0.25) is 0 Å². The summed E-state index contributed by atoms with van der Waals surface area (Å²) in [7, 11) is 0. The first kappa shape index (κ1) is 16.0. The standard InChI is InChI=1S/C13H15NO5S/c1-7-3-4-8(20-2)5-9(7)12(17)14-10(13(18)19)6-11(15)16/h3-5,10H,6H2,1-2H3,(H,14,17)(H,15,16)(H,18,19)/t10-/m1/s1. The Morgan fingerprint density at radius 1 is 1.30 bits per heavy atom. The topological polar surface area (TPSA) is 104 Å². The Labute approximate surface area is 120 Å². The quantitative estimate of drug-likeness (QED) is 0.685. The number of aryl methyl sites for hydroxylation is 1. The summed E-state index contributed by atoms with van der Waals surface area (Å²) >= 11 is 1.45. The van der Waals surface area contributed by atoms with E-state index in [9.17, 15) is 14.4 Å². The average Bonchev–Trinajstić information content (AvgIpc) is 2.37. The summed E-state index contributed by atoms with van der Waals surface area (Å²) in [6.07, 6.45) is 1.19. The van der Waals surface area contributed by atoms with Gasteiger partial charge in [0.05, 0.1) is 6.42 Å². The Balaban J connectivity index is 2.94. The van der Waals surface area contributed by atoms with Gasteiger partial charge in [-0.15, -0.1) is 11.8 Å². The summed E-state index contributed by atoms with van der Waals surface area (Å²) in [6.45, 7) is 1.73. The second kappa shape index (κ2) is 6.95. The highest BCUT2D eigenvalue weighted by Crippen LogP contribution is 2.19. The third kappa shape index (κ3) is 4.27. The van der Waals surface area contributed by atoms with Crippen LogP contribution in [0.3, 0.4) is 0 Å². The van der Waals surface area contributed by atoms with Gasteiger partial charge in [0.25, 0.3) is 5.91 Å². The molecule has 20 heavy (non-hydrogen) atoms. The van der Waals surface area contributed by atoms with E-state index in [2.05, 4.69) is 5.32 Å². The average molecular weight is 297 g/mol. The van der Waals surface area contributed by atoms with E-state index in [4.69, 9.17) is 10.2 Å². The molecule has 0 aliphatic rings. The number of carboxylic acid groups (broad SMARTS) is 2. The van der Waals surface area contributed by atoms with Crippen LogP contribution in [0, 0.1) is 6.92 Å². The summed E-state index contributed by atoms with van der Waals surface area (Å²) in [5, 5.41) is 19.8. The molecule has 3 N–H and O–H groups in total. The Morgan fingerprint density at radius 2 is 1.95 bits per heavy atom. The largest absolute Gasteiger partial charge is 0.481 e. The molecule has 1 rings (SSSR count). The second-order valence-corrected chi connectivity index (χ2v) is 5.02. The van der Waals surface area contributed by atoms with Crippen LogP contribution in [-0.2, 0) is 9.59 Å². The van der Waals surface area contributed by atoms with Gasteiger partial charge >= 0.3 is 11.9 Å². The molecule has 0 radical (unpaired) electrons. The third-order valence-corrected chi connectivity index (χ3v) is 3.40. The number of rotatable bonds is 6. The van der Waals surface area contributed by atoms with Crippen LogP contribution < -0.4 is 5.32 Å². The number of hydrogen-bond donors (Lipinski definition) is 3. The highest BCUT2D eigenvalue weighted by molar-refractivity contribution is 7.98. The molecule has 1 aromatic rings. The molecule has 0 aliphatic heterocycles. The monoisotopic (exact) mass is 297 g/mol. The number of amides is 1. The summed E-state index contributed by atoms with van der Waals surface area (Å²) in [5.41, 5.74) is 1.04. The van der Waals surface area contributed by atoms with Gasteiger partial charge in [-0.1, -0.05) is 6.07 Å². The Bertz CT molecular complexity index is 544. The van der Waals surface area contributed by atoms with Gasteiger partial charge in [0.15, 0.2) is 0 Å². The first-order valence-electron chi connectivity index (χ1n) is 5.75. The van der Waals surface area contributed by atoms with Crippen molar-refractivity contribution in [3.05, 3.63) is 29.3 Å². The van der Waals surface area contributed by atoms with Crippen LogP contribution in [0.5, 0.6) is 0 Å². The van der Waals surface area contributed by atoms with E-state index in [1.165, 1.54) is 11.8 Å².